The van der Waals surface area contributed by atoms with Gasteiger partial charge in [0, 0.05) is 50.8 Å². The first kappa shape index (κ1) is 15.9. The molecule has 108 valence electrons. The van der Waals surface area contributed by atoms with E-state index in [2.05, 4.69) is 56.4 Å². The third-order valence-corrected chi connectivity index (χ3v) is 4.45. The fourth-order valence-corrected chi connectivity index (χ4v) is 2.66. The van der Waals surface area contributed by atoms with E-state index in [0.717, 1.165) is 6.04 Å². The van der Waals surface area contributed by atoms with E-state index in [4.69, 9.17) is 0 Å². The Morgan fingerprint density at radius 3 is 1.83 bits per heavy atom. The van der Waals surface area contributed by atoms with Gasteiger partial charge in [0.15, 0.2) is 0 Å². The van der Waals surface area contributed by atoms with Gasteiger partial charge in [-0.05, 0) is 41.2 Å². The van der Waals surface area contributed by atoms with Crippen molar-refractivity contribution in [3.05, 3.63) is 0 Å². The summed E-state index contributed by atoms with van der Waals surface area (Å²) in [6, 6.07) is 2.08. The molecular weight excluding hydrogens is 222 g/mol. The third-order valence-electron chi connectivity index (χ3n) is 4.45. The summed E-state index contributed by atoms with van der Waals surface area (Å²) < 4.78 is 0. The minimum Gasteiger partial charge on any atom is -0.302 e. The highest BCUT2D eigenvalue weighted by Gasteiger charge is 2.24. The third kappa shape index (κ3) is 4.52. The van der Waals surface area contributed by atoms with Crippen LogP contribution in [0.15, 0.2) is 0 Å². The molecule has 1 unspecified atom stereocenters. The van der Waals surface area contributed by atoms with Gasteiger partial charge in [-0.25, -0.2) is 0 Å². The van der Waals surface area contributed by atoms with Crippen LogP contribution in [0.5, 0.6) is 0 Å². The van der Waals surface area contributed by atoms with Crippen molar-refractivity contribution in [2.45, 2.75) is 59.2 Å². The Hall–Kier alpha value is -0.120. The van der Waals surface area contributed by atoms with Crippen LogP contribution in [-0.4, -0.2) is 72.6 Å². The Morgan fingerprint density at radius 2 is 1.44 bits per heavy atom. The Kier molecular flexibility index (Phi) is 6.61. The van der Waals surface area contributed by atoms with Crippen LogP contribution in [0.25, 0.3) is 0 Å². The number of rotatable bonds is 6. The average Bonchev–Trinajstić information content (AvgIpc) is 2.35. The molecule has 0 bridgehead atoms. The zero-order valence-corrected chi connectivity index (χ0v) is 13.3. The second kappa shape index (κ2) is 7.46. The van der Waals surface area contributed by atoms with Crippen molar-refractivity contribution < 1.29 is 0 Å². The van der Waals surface area contributed by atoms with E-state index in [1.54, 1.807) is 0 Å². The molecule has 18 heavy (non-hydrogen) atoms. The summed E-state index contributed by atoms with van der Waals surface area (Å²) in [7, 11) is 2.25. The molecule has 0 aromatic rings. The monoisotopic (exact) mass is 255 g/mol. The smallest absolute Gasteiger partial charge is 0.0221 e. The topological polar surface area (TPSA) is 9.72 Å². The van der Waals surface area contributed by atoms with Gasteiger partial charge in [-0.2, -0.15) is 0 Å². The number of nitrogens with zero attached hydrogens (tertiary/aromatic N) is 3. The summed E-state index contributed by atoms with van der Waals surface area (Å²) in [4.78, 5) is 7.76. The van der Waals surface area contributed by atoms with Crippen LogP contribution >= 0.6 is 0 Å². The van der Waals surface area contributed by atoms with Crippen molar-refractivity contribution >= 4 is 0 Å². The van der Waals surface area contributed by atoms with Crippen LogP contribution in [0.1, 0.15) is 41.0 Å². The van der Waals surface area contributed by atoms with E-state index < -0.39 is 0 Å². The molecule has 3 nitrogen and oxygen atoms in total. The van der Waals surface area contributed by atoms with Gasteiger partial charge < -0.3 is 4.90 Å². The summed E-state index contributed by atoms with van der Waals surface area (Å²) in [5, 5.41) is 0. The molecule has 1 aliphatic heterocycles. The predicted octanol–water partition coefficient (Wildman–Crippen LogP) is 2.13. The summed E-state index contributed by atoms with van der Waals surface area (Å²) in [5.74, 6) is 0. The van der Waals surface area contributed by atoms with Crippen LogP contribution in [0.4, 0.5) is 0 Å². The van der Waals surface area contributed by atoms with Crippen LogP contribution in [0.2, 0.25) is 0 Å². The lowest BCUT2D eigenvalue weighted by atomic mass is 10.1. The largest absolute Gasteiger partial charge is 0.302 e. The summed E-state index contributed by atoms with van der Waals surface area (Å²) >= 11 is 0. The maximum Gasteiger partial charge on any atom is 0.0221 e. The quantitative estimate of drug-likeness (QED) is 0.720. The van der Waals surface area contributed by atoms with Crippen molar-refractivity contribution in [1.82, 2.24) is 14.7 Å². The van der Waals surface area contributed by atoms with Crippen molar-refractivity contribution in [3.8, 4) is 0 Å². The maximum absolute atomic E-state index is 2.69. The Balaban J connectivity index is 2.43. The molecule has 0 N–H and O–H groups in total. The van der Waals surface area contributed by atoms with E-state index in [9.17, 15) is 0 Å². The molecule has 1 rings (SSSR count). The summed E-state index contributed by atoms with van der Waals surface area (Å²) in [6.07, 6.45) is 1.26. The minimum absolute atomic E-state index is 0.649. The molecule has 0 spiro atoms. The Bertz CT molecular complexity index is 220. The number of hydrogen-bond acceptors (Lipinski definition) is 3. The second-order valence-electron chi connectivity index (χ2n) is 6.26. The fourth-order valence-electron chi connectivity index (χ4n) is 2.66. The van der Waals surface area contributed by atoms with Crippen LogP contribution in [-0.2, 0) is 0 Å². The Labute approximate surface area is 114 Å². The molecule has 0 aliphatic carbocycles. The summed E-state index contributed by atoms with van der Waals surface area (Å²) in [5.41, 5.74) is 0. The zero-order chi connectivity index (χ0) is 13.7. The first-order valence-corrected chi connectivity index (χ1v) is 7.64. The Morgan fingerprint density at radius 1 is 0.944 bits per heavy atom. The number of hydrogen-bond donors (Lipinski definition) is 0. The van der Waals surface area contributed by atoms with Gasteiger partial charge in [0.1, 0.15) is 0 Å². The first-order valence-electron chi connectivity index (χ1n) is 7.64. The van der Waals surface area contributed by atoms with Gasteiger partial charge >= 0.3 is 0 Å². The van der Waals surface area contributed by atoms with E-state index in [1.165, 1.54) is 39.1 Å². The predicted molar refractivity (Wildman–Crippen MR) is 80.1 cm³/mol. The first-order chi connectivity index (χ1) is 8.45. The van der Waals surface area contributed by atoms with Gasteiger partial charge in [0.05, 0.1) is 0 Å². The van der Waals surface area contributed by atoms with E-state index in [0.29, 0.717) is 12.1 Å². The lowest BCUT2D eigenvalue weighted by Crippen LogP contribution is -2.54. The van der Waals surface area contributed by atoms with Crippen molar-refractivity contribution in [2.24, 2.45) is 0 Å². The molecule has 1 atom stereocenters. The average molecular weight is 255 g/mol. The SMILES string of the molecule is CCC(CN(C)C(C)C)N1CCN(C(C)C)CC1. The normalized spacial score (nSPS) is 21.2. The van der Waals surface area contributed by atoms with Crippen LogP contribution < -0.4 is 0 Å². The van der Waals surface area contributed by atoms with Crippen molar-refractivity contribution in [1.29, 1.82) is 0 Å². The molecule has 3 heteroatoms. The van der Waals surface area contributed by atoms with Gasteiger partial charge in [0.2, 0.25) is 0 Å². The molecule has 1 heterocycles. The van der Waals surface area contributed by atoms with Crippen LogP contribution in [0.3, 0.4) is 0 Å². The highest BCUT2D eigenvalue weighted by atomic mass is 15.3. The summed E-state index contributed by atoms with van der Waals surface area (Å²) in [6.45, 7) is 17.7. The van der Waals surface area contributed by atoms with Crippen molar-refractivity contribution in [2.75, 3.05) is 39.8 Å². The molecule has 0 amide bonds. The van der Waals surface area contributed by atoms with E-state index >= 15 is 0 Å². The molecule has 1 aliphatic rings. The number of likely N-dealkylation sites (N-methyl/N-ethyl adjacent to an activating group) is 1. The second-order valence-corrected chi connectivity index (χ2v) is 6.26. The van der Waals surface area contributed by atoms with E-state index in [-0.39, 0.29) is 0 Å². The van der Waals surface area contributed by atoms with Gasteiger partial charge in [-0.15, -0.1) is 0 Å². The maximum atomic E-state index is 2.69. The molecule has 0 aromatic carbocycles. The molecule has 0 aromatic heterocycles. The zero-order valence-electron chi connectivity index (χ0n) is 13.3. The minimum atomic E-state index is 0.649. The lowest BCUT2D eigenvalue weighted by Gasteiger charge is -2.42. The van der Waals surface area contributed by atoms with Crippen LogP contribution in [0, 0.1) is 0 Å². The molecule has 0 radical (unpaired) electrons. The fraction of sp³-hybridized carbons (Fsp3) is 1.00. The van der Waals surface area contributed by atoms with E-state index in [1.807, 2.05) is 0 Å². The highest BCUT2D eigenvalue weighted by molar-refractivity contribution is 4.81. The lowest BCUT2D eigenvalue weighted by molar-refractivity contribution is 0.0596. The van der Waals surface area contributed by atoms with Gasteiger partial charge in [0.25, 0.3) is 0 Å². The molecule has 1 fully saturated rings. The molecule has 0 saturated carbocycles. The standard InChI is InChI=1S/C15H33N3/c1-7-15(12-16(6)13(2)3)18-10-8-17(9-11-18)14(4)5/h13-15H,7-12H2,1-6H3. The highest BCUT2D eigenvalue weighted by Crippen LogP contribution is 2.13. The van der Waals surface area contributed by atoms with Crippen molar-refractivity contribution in [3.63, 3.8) is 0 Å². The number of piperazine rings is 1. The molecule has 1 saturated heterocycles. The molecular formula is C15H33N3. The van der Waals surface area contributed by atoms with Gasteiger partial charge in [-0.3, -0.25) is 9.80 Å². The van der Waals surface area contributed by atoms with Gasteiger partial charge in [-0.1, -0.05) is 6.92 Å².